The van der Waals surface area contributed by atoms with Gasteiger partial charge in [0.1, 0.15) is 0 Å². The SMILES string of the molecule is Cc1ccc(N)c(N2CC(C)OC(CO)C2)n1. The summed E-state index contributed by atoms with van der Waals surface area (Å²) >= 11 is 0. The summed E-state index contributed by atoms with van der Waals surface area (Å²) in [4.78, 5) is 6.54. The van der Waals surface area contributed by atoms with Gasteiger partial charge in [-0.15, -0.1) is 0 Å². The second-order valence-electron chi connectivity index (χ2n) is 4.52. The number of nitrogen functional groups attached to an aromatic ring is 1. The third-order valence-electron chi connectivity index (χ3n) is 2.87. The Kier molecular flexibility index (Phi) is 3.49. The third-order valence-corrected chi connectivity index (χ3v) is 2.87. The number of hydrogen-bond acceptors (Lipinski definition) is 5. The Hall–Kier alpha value is -1.33. The largest absolute Gasteiger partial charge is 0.396 e. The van der Waals surface area contributed by atoms with E-state index in [9.17, 15) is 5.11 Å². The monoisotopic (exact) mass is 237 g/mol. The van der Waals surface area contributed by atoms with Crippen LogP contribution in [-0.2, 0) is 4.74 Å². The third kappa shape index (κ3) is 2.68. The van der Waals surface area contributed by atoms with E-state index in [1.807, 2.05) is 26.0 Å². The first kappa shape index (κ1) is 12.1. The van der Waals surface area contributed by atoms with E-state index in [1.54, 1.807) is 0 Å². The highest BCUT2D eigenvalue weighted by atomic mass is 16.5. The number of aromatic nitrogens is 1. The van der Waals surface area contributed by atoms with Crippen LogP contribution in [0.1, 0.15) is 12.6 Å². The molecule has 0 aliphatic carbocycles. The van der Waals surface area contributed by atoms with Crippen molar-refractivity contribution < 1.29 is 9.84 Å². The normalized spacial score (nSPS) is 25.0. The highest BCUT2D eigenvalue weighted by molar-refractivity contribution is 5.63. The van der Waals surface area contributed by atoms with Gasteiger partial charge < -0.3 is 20.5 Å². The van der Waals surface area contributed by atoms with Crippen molar-refractivity contribution >= 4 is 11.5 Å². The van der Waals surface area contributed by atoms with E-state index >= 15 is 0 Å². The maximum absolute atomic E-state index is 9.19. The summed E-state index contributed by atoms with van der Waals surface area (Å²) in [7, 11) is 0. The molecule has 0 amide bonds. The molecule has 0 bridgehead atoms. The predicted molar refractivity (Wildman–Crippen MR) is 67.0 cm³/mol. The number of anilines is 2. The van der Waals surface area contributed by atoms with Crippen LogP contribution >= 0.6 is 0 Å². The molecular weight excluding hydrogens is 218 g/mol. The molecule has 1 aliphatic heterocycles. The van der Waals surface area contributed by atoms with Crippen LogP contribution < -0.4 is 10.6 Å². The average molecular weight is 237 g/mol. The molecule has 94 valence electrons. The Bertz CT molecular complexity index is 397. The first-order chi connectivity index (χ1) is 8.10. The van der Waals surface area contributed by atoms with Gasteiger partial charge in [0, 0.05) is 18.8 Å². The first-order valence-electron chi connectivity index (χ1n) is 5.84. The average Bonchev–Trinajstić information content (AvgIpc) is 2.31. The van der Waals surface area contributed by atoms with Gasteiger partial charge in [-0.2, -0.15) is 0 Å². The molecule has 1 aliphatic rings. The quantitative estimate of drug-likeness (QED) is 0.786. The zero-order valence-corrected chi connectivity index (χ0v) is 10.3. The van der Waals surface area contributed by atoms with Crippen LogP contribution in [0.2, 0.25) is 0 Å². The van der Waals surface area contributed by atoms with Gasteiger partial charge in [-0.05, 0) is 26.0 Å². The molecule has 0 radical (unpaired) electrons. The zero-order chi connectivity index (χ0) is 12.4. The molecule has 17 heavy (non-hydrogen) atoms. The van der Waals surface area contributed by atoms with E-state index < -0.39 is 0 Å². The van der Waals surface area contributed by atoms with Crippen molar-refractivity contribution in [2.75, 3.05) is 30.3 Å². The number of rotatable bonds is 2. The molecule has 0 saturated carbocycles. The van der Waals surface area contributed by atoms with Crippen molar-refractivity contribution in [3.63, 3.8) is 0 Å². The summed E-state index contributed by atoms with van der Waals surface area (Å²) in [6, 6.07) is 3.76. The van der Waals surface area contributed by atoms with Crippen molar-refractivity contribution in [3.8, 4) is 0 Å². The minimum Gasteiger partial charge on any atom is -0.396 e. The molecule has 2 atom stereocenters. The highest BCUT2D eigenvalue weighted by Crippen LogP contribution is 2.24. The molecule has 2 rings (SSSR count). The second kappa shape index (κ2) is 4.89. The van der Waals surface area contributed by atoms with E-state index in [-0.39, 0.29) is 18.8 Å². The van der Waals surface area contributed by atoms with Crippen LogP contribution in [-0.4, -0.2) is 42.0 Å². The van der Waals surface area contributed by atoms with E-state index in [2.05, 4.69) is 9.88 Å². The van der Waals surface area contributed by atoms with Crippen LogP contribution in [0.5, 0.6) is 0 Å². The standard InChI is InChI=1S/C12H19N3O2/c1-8-3-4-11(13)12(14-8)15-5-9(2)17-10(6-15)7-16/h3-4,9-10,16H,5-7,13H2,1-2H3. The molecule has 2 heterocycles. The lowest BCUT2D eigenvalue weighted by molar-refractivity contribution is -0.0422. The molecule has 5 heteroatoms. The van der Waals surface area contributed by atoms with Gasteiger partial charge in [-0.3, -0.25) is 0 Å². The Morgan fingerprint density at radius 2 is 2.29 bits per heavy atom. The number of morpholine rings is 1. The van der Waals surface area contributed by atoms with Crippen molar-refractivity contribution in [2.24, 2.45) is 0 Å². The lowest BCUT2D eigenvalue weighted by atomic mass is 10.2. The summed E-state index contributed by atoms with van der Waals surface area (Å²) in [5.41, 5.74) is 7.55. The van der Waals surface area contributed by atoms with E-state index in [1.165, 1.54) is 0 Å². The summed E-state index contributed by atoms with van der Waals surface area (Å²) in [6.45, 7) is 5.32. The number of aliphatic hydroxyl groups is 1. The Balaban J connectivity index is 2.23. The molecule has 1 aromatic heterocycles. The summed E-state index contributed by atoms with van der Waals surface area (Å²) in [6.07, 6.45) is -0.0944. The highest BCUT2D eigenvalue weighted by Gasteiger charge is 2.26. The van der Waals surface area contributed by atoms with Crippen LogP contribution in [0.25, 0.3) is 0 Å². The first-order valence-corrected chi connectivity index (χ1v) is 5.84. The van der Waals surface area contributed by atoms with Gasteiger partial charge in [0.15, 0.2) is 5.82 Å². The van der Waals surface area contributed by atoms with Crippen LogP contribution in [0.15, 0.2) is 12.1 Å². The number of nitrogens with zero attached hydrogens (tertiary/aromatic N) is 2. The zero-order valence-electron chi connectivity index (χ0n) is 10.3. The van der Waals surface area contributed by atoms with Crippen LogP contribution in [0.3, 0.4) is 0 Å². The Labute approximate surface area is 101 Å². The Morgan fingerprint density at radius 1 is 1.53 bits per heavy atom. The molecule has 1 saturated heterocycles. The molecule has 0 aromatic carbocycles. The molecule has 2 unspecified atom stereocenters. The second-order valence-corrected chi connectivity index (χ2v) is 4.52. The van der Waals surface area contributed by atoms with Gasteiger partial charge in [-0.1, -0.05) is 0 Å². The summed E-state index contributed by atoms with van der Waals surface area (Å²) < 4.78 is 5.60. The fourth-order valence-corrected chi connectivity index (χ4v) is 2.13. The summed E-state index contributed by atoms with van der Waals surface area (Å²) in [5, 5.41) is 9.19. The topological polar surface area (TPSA) is 71.6 Å². The van der Waals surface area contributed by atoms with Gasteiger partial charge in [0.2, 0.25) is 0 Å². The minimum atomic E-state index is -0.166. The predicted octanol–water partition coefficient (Wildman–Crippen LogP) is 0.558. The maximum atomic E-state index is 9.19. The van der Waals surface area contributed by atoms with Gasteiger partial charge in [0.05, 0.1) is 24.5 Å². The number of aliphatic hydroxyl groups excluding tert-OH is 1. The van der Waals surface area contributed by atoms with E-state index in [4.69, 9.17) is 10.5 Å². The lowest BCUT2D eigenvalue weighted by Gasteiger charge is -2.37. The number of hydrogen-bond donors (Lipinski definition) is 2. The van der Waals surface area contributed by atoms with Gasteiger partial charge >= 0.3 is 0 Å². The molecule has 1 fully saturated rings. The van der Waals surface area contributed by atoms with E-state index in [0.29, 0.717) is 12.2 Å². The molecule has 3 N–H and O–H groups in total. The van der Waals surface area contributed by atoms with Crippen molar-refractivity contribution in [1.29, 1.82) is 0 Å². The Morgan fingerprint density at radius 3 is 3.00 bits per heavy atom. The van der Waals surface area contributed by atoms with Crippen LogP contribution in [0, 0.1) is 6.92 Å². The fourth-order valence-electron chi connectivity index (χ4n) is 2.13. The molecule has 5 nitrogen and oxygen atoms in total. The van der Waals surface area contributed by atoms with Gasteiger partial charge in [0.25, 0.3) is 0 Å². The number of aryl methyl sites for hydroxylation is 1. The smallest absolute Gasteiger partial charge is 0.152 e. The molecule has 1 aromatic rings. The number of ether oxygens (including phenoxy) is 1. The summed E-state index contributed by atoms with van der Waals surface area (Å²) in [5.74, 6) is 0.790. The molecular formula is C12H19N3O2. The van der Waals surface area contributed by atoms with Crippen molar-refractivity contribution in [1.82, 2.24) is 4.98 Å². The molecule has 0 spiro atoms. The van der Waals surface area contributed by atoms with Crippen molar-refractivity contribution in [3.05, 3.63) is 17.8 Å². The number of nitrogens with two attached hydrogens (primary N) is 1. The minimum absolute atomic E-state index is 0.0204. The fraction of sp³-hybridized carbons (Fsp3) is 0.583. The van der Waals surface area contributed by atoms with E-state index in [0.717, 1.165) is 18.1 Å². The van der Waals surface area contributed by atoms with Crippen LogP contribution in [0.4, 0.5) is 11.5 Å². The maximum Gasteiger partial charge on any atom is 0.152 e. The lowest BCUT2D eigenvalue weighted by Crippen LogP contribution is -2.48. The van der Waals surface area contributed by atoms with Crippen molar-refractivity contribution in [2.45, 2.75) is 26.1 Å². The van der Waals surface area contributed by atoms with Gasteiger partial charge in [-0.25, -0.2) is 4.98 Å². The number of pyridine rings is 1.